The van der Waals surface area contributed by atoms with Gasteiger partial charge in [-0.15, -0.1) is 0 Å². The van der Waals surface area contributed by atoms with E-state index in [0.29, 0.717) is 12.1 Å². The molecule has 0 saturated carbocycles. The van der Waals surface area contributed by atoms with E-state index < -0.39 is 0 Å². The third kappa shape index (κ3) is 5.51. The number of piperidine rings is 1. The summed E-state index contributed by atoms with van der Waals surface area (Å²) in [5, 5.41) is 7.15. The summed E-state index contributed by atoms with van der Waals surface area (Å²) in [6, 6.07) is 9.47. The van der Waals surface area contributed by atoms with Crippen molar-refractivity contribution in [3.8, 4) is 5.75 Å². The second-order valence-electron chi connectivity index (χ2n) is 5.90. The van der Waals surface area contributed by atoms with E-state index in [1.807, 2.05) is 12.1 Å². The van der Waals surface area contributed by atoms with Crippen molar-refractivity contribution in [3.63, 3.8) is 0 Å². The topological polar surface area (TPSA) is 33.3 Å². The number of hydrogen-bond donors (Lipinski definition) is 2. The standard InChI is InChI=1S/C17H28N2O/c1-14-6-5-8-17(12-14)20-11-10-18-15(2)13-16-7-3-4-9-19-16/h5-6,8,12,15-16,18-19H,3-4,7,9-11,13H2,1-2H3. The van der Waals surface area contributed by atoms with Crippen LogP contribution in [-0.2, 0) is 0 Å². The summed E-state index contributed by atoms with van der Waals surface area (Å²) in [5.74, 6) is 0.966. The predicted molar refractivity (Wildman–Crippen MR) is 84.4 cm³/mol. The van der Waals surface area contributed by atoms with Crippen LogP contribution in [0.1, 0.15) is 38.2 Å². The van der Waals surface area contributed by atoms with Gasteiger partial charge in [0.15, 0.2) is 0 Å². The average Bonchev–Trinajstić information content (AvgIpc) is 2.45. The molecule has 0 radical (unpaired) electrons. The van der Waals surface area contributed by atoms with Crippen LogP contribution in [0.5, 0.6) is 5.75 Å². The molecule has 0 aromatic heterocycles. The van der Waals surface area contributed by atoms with E-state index in [1.165, 1.54) is 37.8 Å². The molecule has 20 heavy (non-hydrogen) atoms. The SMILES string of the molecule is Cc1cccc(OCCNC(C)CC2CCCCN2)c1. The smallest absolute Gasteiger partial charge is 0.119 e. The van der Waals surface area contributed by atoms with E-state index in [1.54, 1.807) is 0 Å². The summed E-state index contributed by atoms with van der Waals surface area (Å²) in [5.41, 5.74) is 1.24. The summed E-state index contributed by atoms with van der Waals surface area (Å²) in [7, 11) is 0. The number of benzene rings is 1. The van der Waals surface area contributed by atoms with Crippen molar-refractivity contribution in [2.24, 2.45) is 0 Å². The molecule has 3 nitrogen and oxygen atoms in total. The Labute approximate surface area is 123 Å². The zero-order chi connectivity index (χ0) is 14.2. The first kappa shape index (κ1) is 15.3. The quantitative estimate of drug-likeness (QED) is 0.751. The van der Waals surface area contributed by atoms with Crippen molar-refractivity contribution in [1.29, 1.82) is 0 Å². The molecule has 1 fully saturated rings. The number of hydrogen-bond acceptors (Lipinski definition) is 3. The molecule has 1 saturated heterocycles. The Kier molecular flexibility index (Phi) is 6.34. The van der Waals surface area contributed by atoms with Gasteiger partial charge in [0.1, 0.15) is 12.4 Å². The van der Waals surface area contributed by atoms with Crippen molar-refractivity contribution >= 4 is 0 Å². The third-order valence-corrected chi connectivity index (χ3v) is 3.90. The first-order valence-electron chi connectivity index (χ1n) is 7.90. The van der Waals surface area contributed by atoms with Gasteiger partial charge in [0.25, 0.3) is 0 Å². The summed E-state index contributed by atoms with van der Waals surface area (Å²) >= 11 is 0. The fraction of sp³-hybridized carbons (Fsp3) is 0.647. The molecule has 2 N–H and O–H groups in total. The Morgan fingerprint density at radius 2 is 2.30 bits per heavy atom. The van der Waals surface area contributed by atoms with Crippen LogP contribution in [0.15, 0.2) is 24.3 Å². The molecule has 1 aliphatic rings. The zero-order valence-electron chi connectivity index (χ0n) is 12.8. The molecule has 1 aromatic carbocycles. The van der Waals surface area contributed by atoms with Crippen LogP contribution in [0.2, 0.25) is 0 Å². The molecule has 2 rings (SSSR count). The Morgan fingerprint density at radius 1 is 1.40 bits per heavy atom. The van der Waals surface area contributed by atoms with Crippen LogP contribution >= 0.6 is 0 Å². The molecular weight excluding hydrogens is 248 g/mol. The van der Waals surface area contributed by atoms with Crippen molar-refractivity contribution in [1.82, 2.24) is 10.6 Å². The monoisotopic (exact) mass is 276 g/mol. The maximum Gasteiger partial charge on any atom is 0.119 e. The van der Waals surface area contributed by atoms with E-state index >= 15 is 0 Å². The van der Waals surface area contributed by atoms with E-state index in [-0.39, 0.29) is 0 Å². The van der Waals surface area contributed by atoms with Crippen molar-refractivity contribution in [3.05, 3.63) is 29.8 Å². The van der Waals surface area contributed by atoms with Crippen LogP contribution in [0.3, 0.4) is 0 Å². The third-order valence-electron chi connectivity index (χ3n) is 3.90. The van der Waals surface area contributed by atoms with Gasteiger partial charge >= 0.3 is 0 Å². The lowest BCUT2D eigenvalue weighted by atomic mass is 9.99. The fourth-order valence-corrected chi connectivity index (χ4v) is 2.81. The molecule has 1 heterocycles. The van der Waals surface area contributed by atoms with Crippen LogP contribution in [-0.4, -0.2) is 31.8 Å². The molecule has 0 amide bonds. The van der Waals surface area contributed by atoms with Gasteiger partial charge in [-0.2, -0.15) is 0 Å². The summed E-state index contributed by atoms with van der Waals surface area (Å²) in [6.45, 7) is 7.18. The van der Waals surface area contributed by atoms with E-state index in [0.717, 1.165) is 18.9 Å². The Morgan fingerprint density at radius 3 is 3.05 bits per heavy atom. The van der Waals surface area contributed by atoms with Gasteiger partial charge in [-0.3, -0.25) is 0 Å². The van der Waals surface area contributed by atoms with Gasteiger partial charge < -0.3 is 15.4 Å². The Balaban J connectivity index is 1.58. The molecule has 2 atom stereocenters. The highest BCUT2D eigenvalue weighted by Gasteiger charge is 2.15. The minimum absolute atomic E-state index is 0.548. The minimum Gasteiger partial charge on any atom is -0.492 e. The van der Waals surface area contributed by atoms with Crippen LogP contribution in [0.4, 0.5) is 0 Å². The van der Waals surface area contributed by atoms with Crippen LogP contribution in [0, 0.1) is 6.92 Å². The zero-order valence-corrected chi connectivity index (χ0v) is 12.8. The highest BCUT2D eigenvalue weighted by Crippen LogP contribution is 2.13. The van der Waals surface area contributed by atoms with Crippen LogP contribution < -0.4 is 15.4 Å². The first-order chi connectivity index (χ1) is 9.74. The number of rotatable bonds is 7. The van der Waals surface area contributed by atoms with Gasteiger partial charge in [0, 0.05) is 18.6 Å². The fourth-order valence-electron chi connectivity index (χ4n) is 2.81. The molecule has 2 unspecified atom stereocenters. The molecular formula is C17H28N2O. The van der Waals surface area contributed by atoms with Crippen molar-refractivity contribution in [2.75, 3.05) is 19.7 Å². The Bertz CT molecular complexity index is 388. The number of ether oxygens (including phenoxy) is 1. The van der Waals surface area contributed by atoms with Gasteiger partial charge in [-0.25, -0.2) is 0 Å². The molecule has 3 heteroatoms. The number of aryl methyl sites for hydroxylation is 1. The molecule has 1 aromatic rings. The highest BCUT2D eigenvalue weighted by atomic mass is 16.5. The normalized spacial score (nSPS) is 20.6. The molecule has 0 aliphatic carbocycles. The first-order valence-corrected chi connectivity index (χ1v) is 7.90. The van der Waals surface area contributed by atoms with E-state index in [9.17, 15) is 0 Å². The van der Waals surface area contributed by atoms with Crippen molar-refractivity contribution in [2.45, 2.75) is 51.6 Å². The lowest BCUT2D eigenvalue weighted by Gasteiger charge is -2.26. The van der Waals surface area contributed by atoms with E-state index in [4.69, 9.17) is 4.74 Å². The highest BCUT2D eigenvalue weighted by molar-refractivity contribution is 5.27. The van der Waals surface area contributed by atoms with Crippen LogP contribution in [0.25, 0.3) is 0 Å². The van der Waals surface area contributed by atoms with E-state index in [2.05, 4.69) is 36.6 Å². The maximum absolute atomic E-state index is 5.75. The summed E-state index contributed by atoms with van der Waals surface area (Å²) in [6.07, 6.45) is 5.25. The largest absolute Gasteiger partial charge is 0.492 e. The average molecular weight is 276 g/mol. The Hall–Kier alpha value is -1.06. The number of nitrogens with one attached hydrogen (secondary N) is 2. The molecule has 1 aliphatic heterocycles. The minimum atomic E-state index is 0.548. The second-order valence-corrected chi connectivity index (χ2v) is 5.90. The van der Waals surface area contributed by atoms with Gasteiger partial charge in [0.2, 0.25) is 0 Å². The molecule has 112 valence electrons. The van der Waals surface area contributed by atoms with Crippen molar-refractivity contribution < 1.29 is 4.74 Å². The maximum atomic E-state index is 5.75. The van der Waals surface area contributed by atoms with Gasteiger partial charge in [-0.1, -0.05) is 18.6 Å². The van der Waals surface area contributed by atoms with Gasteiger partial charge in [-0.05, 0) is 57.4 Å². The lowest BCUT2D eigenvalue weighted by Crippen LogP contribution is -2.40. The van der Waals surface area contributed by atoms with Gasteiger partial charge in [0.05, 0.1) is 0 Å². The summed E-state index contributed by atoms with van der Waals surface area (Å²) in [4.78, 5) is 0. The lowest BCUT2D eigenvalue weighted by molar-refractivity contribution is 0.293. The predicted octanol–water partition coefficient (Wildman–Crippen LogP) is 2.88. The molecule has 0 bridgehead atoms. The second kappa shape index (κ2) is 8.28. The molecule has 0 spiro atoms. The summed E-state index contributed by atoms with van der Waals surface area (Å²) < 4.78 is 5.75.